The van der Waals surface area contributed by atoms with Crippen molar-refractivity contribution < 1.29 is 24.2 Å². The lowest BCUT2D eigenvalue weighted by Gasteiger charge is -2.28. The van der Waals surface area contributed by atoms with Crippen molar-refractivity contribution in [1.82, 2.24) is 0 Å². The minimum Gasteiger partial charge on any atom is -0.489 e. The maximum atomic E-state index is 12.7. The molecule has 1 aliphatic rings. The fraction of sp³-hybridized carbons (Fsp3) is 0.333. The highest BCUT2D eigenvalue weighted by Crippen LogP contribution is 2.28. The van der Waals surface area contributed by atoms with Crippen LogP contribution >= 0.6 is 0 Å². The first-order chi connectivity index (χ1) is 13.4. The number of amides is 1. The minimum atomic E-state index is -1.07. The molecule has 0 saturated carbocycles. The van der Waals surface area contributed by atoms with Gasteiger partial charge in [-0.15, -0.1) is 0 Å². The van der Waals surface area contributed by atoms with E-state index in [9.17, 15) is 14.7 Å². The number of hydrogen-bond acceptors (Lipinski definition) is 5. The molecule has 1 amide bonds. The highest BCUT2D eigenvalue weighted by Gasteiger charge is 2.16. The van der Waals surface area contributed by atoms with E-state index in [1.54, 1.807) is 18.2 Å². The van der Waals surface area contributed by atoms with Crippen LogP contribution in [0.15, 0.2) is 42.5 Å². The predicted octanol–water partition coefficient (Wildman–Crippen LogP) is 3.26. The van der Waals surface area contributed by atoms with Gasteiger partial charge in [0.25, 0.3) is 5.91 Å². The molecule has 2 aromatic rings. The molecule has 0 aliphatic carbocycles. The molecule has 3 rings (SSSR count). The lowest BCUT2D eigenvalue weighted by molar-refractivity contribution is 0.0696. The SMILES string of the molecule is CC(C)Oc1ccc(C(=O)O)cc1NC(=O)c1ccc(N2CCOCC2)cc1. The van der Waals surface area contributed by atoms with Crippen LogP contribution in [-0.2, 0) is 4.74 Å². The second kappa shape index (κ2) is 8.75. The number of ether oxygens (including phenoxy) is 2. The van der Waals surface area contributed by atoms with Gasteiger partial charge in [0.2, 0.25) is 0 Å². The van der Waals surface area contributed by atoms with Crippen LogP contribution in [0.1, 0.15) is 34.6 Å². The van der Waals surface area contributed by atoms with Crippen molar-refractivity contribution in [3.63, 3.8) is 0 Å². The number of carbonyl (C=O) groups excluding carboxylic acids is 1. The predicted molar refractivity (Wildman–Crippen MR) is 107 cm³/mol. The number of benzene rings is 2. The Morgan fingerprint density at radius 2 is 1.71 bits per heavy atom. The third-order valence-corrected chi connectivity index (χ3v) is 4.34. The van der Waals surface area contributed by atoms with Gasteiger partial charge in [0.1, 0.15) is 5.75 Å². The largest absolute Gasteiger partial charge is 0.489 e. The molecule has 0 atom stereocenters. The van der Waals surface area contributed by atoms with E-state index in [1.165, 1.54) is 12.1 Å². The molecular formula is C21H24N2O5. The Kier molecular flexibility index (Phi) is 6.16. The Bertz CT molecular complexity index is 842. The number of nitrogens with one attached hydrogen (secondary N) is 1. The van der Waals surface area contributed by atoms with Crippen molar-refractivity contribution in [2.75, 3.05) is 36.5 Å². The Labute approximate surface area is 163 Å². The molecular weight excluding hydrogens is 360 g/mol. The summed E-state index contributed by atoms with van der Waals surface area (Å²) >= 11 is 0. The Hall–Kier alpha value is -3.06. The maximum Gasteiger partial charge on any atom is 0.335 e. The average molecular weight is 384 g/mol. The molecule has 0 spiro atoms. The first kappa shape index (κ1) is 19.7. The summed E-state index contributed by atoms with van der Waals surface area (Å²) < 4.78 is 11.0. The quantitative estimate of drug-likeness (QED) is 0.795. The van der Waals surface area contributed by atoms with Crippen LogP contribution in [0.5, 0.6) is 5.75 Å². The van der Waals surface area contributed by atoms with Crippen molar-refractivity contribution in [2.24, 2.45) is 0 Å². The van der Waals surface area contributed by atoms with Crippen molar-refractivity contribution in [3.8, 4) is 5.75 Å². The van der Waals surface area contributed by atoms with Gasteiger partial charge in [0.05, 0.1) is 30.6 Å². The lowest BCUT2D eigenvalue weighted by Crippen LogP contribution is -2.36. The van der Waals surface area contributed by atoms with Gasteiger partial charge in [-0.05, 0) is 56.3 Å². The molecule has 0 unspecified atom stereocenters. The Morgan fingerprint density at radius 3 is 2.32 bits per heavy atom. The van der Waals surface area contributed by atoms with E-state index in [0.29, 0.717) is 30.2 Å². The van der Waals surface area contributed by atoms with E-state index in [1.807, 2.05) is 26.0 Å². The second-order valence-electron chi connectivity index (χ2n) is 6.78. The van der Waals surface area contributed by atoms with Gasteiger partial charge in [-0.2, -0.15) is 0 Å². The fourth-order valence-electron chi connectivity index (χ4n) is 2.96. The van der Waals surface area contributed by atoms with Crippen LogP contribution in [0, 0.1) is 0 Å². The van der Waals surface area contributed by atoms with E-state index in [2.05, 4.69) is 10.2 Å². The zero-order valence-corrected chi connectivity index (χ0v) is 16.0. The molecule has 2 N–H and O–H groups in total. The average Bonchev–Trinajstić information content (AvgIpc) is 2.69. The van der Waals surface area contributed by atoms with Crippen LogP contribution in [-0.4, -0.2) is 49.4 Å². The van der Waals surface area contributed by atoms with E-state index < -0.39 is 5.97 Å². The maximum absolute atomic E-state index is 12.7. The molecule has 0 aromatic heterocycles. The van der Waals surface area contributed by atoms with Crippen molar-refractivity contribution in [1.29, 1.82) is 0 Å². The van der Waals surface area contributed by atoms with Gasteiger partial charge in [-0.25, -0.2) is 4.79 Å². The highest BCUT2D eigenvalue weighted by atomic mass is 16.5. The van der Waals surface area contributed by atoms with Crippen LogP contribution in [0.25, 0.3) is 0 Å². The van der Waals surface area contributed by atoms with E-state index in [0.717, 1.165) is 18.8 Å². The minimum absolute atomic E-state index is 0.0778. The normalized spacial score (nSPS) is 14.0. The first-order valence-electron chi connectivity index (χ1n) is 9.22. The molecule has 7 nitrogen and oxygen atoms in total. The first-order valence-corrected chi connectivity index (χ1v) is 9.22. The van der Waals surface area contributed by atoms with Gasteiger partial charge in [-0.3, -0.25) is 4.79 Å². The number of hydrogen-bond donors (Lipinski definition) is 2. The number of rotatable bonds is 6. The standard InChI is InChI=1S/C21H24N2O5/c1-14(2)28-19-8-5-16(21(25)26)13-18(19)22-20(24)15-3-6-17(7-4-15)23-9-11-27-12-10-23/h3-8,13-14H,9-12H2,1-2H3,(H,22,24)(H,25,26). The number of carboxylic acid groups (broad SMARTS) is 1. The molecule has 2 aromatic carbocycles. The third kappa shape index (κ3) is 4.80. The zero-order valence-electron chi connectivity index (χ0n) is 16.0. The summed E-state index contributed by atoms with van der Waals surface area (Å²) in [5.74, 6) is -0.968. The number of anilines is 2. The number of carboxylic acids is 1. The van der Waals surface area contributed by atoms with Crippen molar-refractivity contribution >= 4 is 23.3 Å². The molecule has 148 valence electrons. The number of morpholine rings is 1. The molecule has 1 heterocycles. The van der Waals surface area contributed by atoms with Gasteiger partial charge in [-0.1, -0.05) is 0 Å². The third-order valence-electron chi connectivity index (χ3n) is 4.34. The summed E-state index contributed by atoms with van der Waals surface area (Å²) in [6.07, 6.45) is -0.112. The summed E-state index contributed by atoms with van der Waals surface area (Å²) in [6.45, 7) is 6.76. The summed E-state index contributed by atoms with van der Waals surface area (Å²) in [7, 11) is 0. The van der Waals surface area contributed by atoms with Crippen molar-refractivity contribution in [3.05, 3.63) is 53.6 Å². The molecule has 0 bridgehead atoms. The molecule has 1 fully saturated rings. The van der Waals surface area contributed by atoms with E-state index in [-0.39, 0.29) is 17.6 Å². The Morgan fingerprint density at radius 1 is 1.07 bits per heavy atom. The summed E-state index contributed by atoms with van der Waals surface area (Å²) in [5, 5.41) is 12.0. The topological polar surface area (TPSA) is 88.1 Å². The molecule has 0 radical (unpaired) electrons. The summed E-state index contributed by atoms with van der Waals surface area (Å²) in [5.41, 5.74) is 1.93. The van der Waals surface area contributed by atoms with Gasteiger partial charge >= 0.3 is 5.97 Å². The second-order valence-corrected chi connectivity index (χ2v) is 6.78. The molecule has 7 heteroatoms. The van der Waals surface area contributed by atoms with E-state index >= 15 is 0 Å². The molecule has 1 saturated heterocycles. The van der Waals surface area contributed by atoms with E-state index in [4.69, 9.17) is 9.47 Å². The molecule has 1 aliphatic heterocycles. The zero-order chi connectivity index (χ0) is 20.1. The number of nitrogens with zero attached hydrogens (tertiary/aromatic N) is 1. The van der Waals surface area contributed by atoms with Gasteiger partial charge in [0, 0.05) is 24.3 Å². The summed E-state index contributed by atoms with van der Waals surface area (Å²) in [4.78, 5) is 26.1. The summed E-state index contributed by atoms with van der Waals surface area (Å²) in [6, 6.07) is 11.7. The molecule has 28 heavy (non-hydrogen) atoms. The lowest BCUT2D eigenvalue weighted by atomic mass is 10.1. The fourth-order valence-corrected chi connectivity index (χ4v) is 2.96. The monoisotopic (exact) mass is 384 g/mol. The van der Waals surface area contributed by atoms with Gasteiger partial charge in [0.15, 0.2) is 0 Å². The van der Waals surface area contributed by atoms with Crippen LogP contribution in [0.2, 0.25) is 0 Å². The number of carbonyl (C=O) groups is 2. The van der Waals surface area contributed by atoms with Crippen LogP contribution < -0.4 is 15.0 Å². The van der Waals surface area contributed by atoms with Crippen LogP contribution in [0.3, 0.4) is 0 Å². The highest BCUT2D eigenvalue weighted by molar-refractivity contribution is 6.05. The number of aromatic carboxylic acids is 1. The smallest absolute Gasteiger partial charge is 0.335 e. The van der Waals surface area contributed by atoms with Gasteiger partial charge < -0.3 is 24.8 Å². The van der Waals surface area contributed by atoms with Crippen LogP contribution in [0.4, 0.5) is 11.4 Å². The Balaban J connectivity index is 1.77. The van der Waals surface area contributed by atoms with Crippen molar-refractivity contribution in [2.45, 2.75) is 20.0 Å².